The van der Waals surface area contributed by atoms with Gasteiger partial charge in [-0.05, 0) is 54.7 Å². The van der Waals surface area contributed by atoms with E-state index in [0.717, 1.165) is 29.5 Å². The number of ether oxygens (including phenoxy) is 3. The summed E-state index contributed by atoms with van der Waals surface area (Å²) in [5.74, 6) is 0.521. The number of fused-ring (bicyclic) bond motifs is 1. The molecule has 2 aliphatic rings. The zero-order valence-corrected chi connectivity index (χ0v) is 18.7. The Hall–Kier alpha value is -3.22. The minimum Gasteiger partial charge on any atom is -0.493 e. The van der Waals surface area contributed by atoms with Crippen LogP contribution < -0.4 is 19.5 Å². The van der Waals surface area contributed by atoms with Crippen LogP contribution in [-0.4, -0.2) is 37.3 Å². The Morgan fingerprint density at radius 3 is 2.47 bits per heavy atom. The molecule has 1 amide bonds. The van der Waals surface area contributed by atoms with Crippen LogP contribution >= 0.6 is 0 Å². The van der Waals surface area contributed by atoms with E-state index in [-0.39, 0.29) is 5.91 Å². The van der Waals surface area contributed by atoms with Crippen LogP contribution in [-0.2, 0) is 11.3 Å². The maximum Gasteiger partial charge on any atom is 0.313 e. The van der Waals surface area contributed by atoms with Gasteiger partial charge in [-0.15, -0.1) is 0 Å². The molecule has 1 aliphatic heterocycles. The van der Waals surface area contributed by atoms with Crippen molar-refractivity contribution in [2.75, 3.05) is 14.2 Å². The fraction of sp³-hybridized carbons (Fsp3) is 0.440. The van der Waals surface area contributed by atoms with Gasteiger partial charge in [-0.1, -0.05) is 25.8 Å². The third kappa shape index (κ3) is 3.55. The molecule has 1 fully saturated rings. The summed E-state index contributed by atoms with van der Waals surface area (Å²) in [6.07, 6.45) is 3.01. The topological polar surface area (TPSA) is 94.1 Å². The first-order valence-electron chi connectivity index (χ1n) is 11.0. The summed E-state index contributed by atoms with van der Waals surface area (Å²) >= 11 is 0. The molecule has 0 radical (unpaired) electrons. The lowest BCUT2D eigenvalue weighted by Gasteiger charge is -2.44. The fourth-order valence-corrected chi connectivity index (χ4v) is 4.73. The van der Waals surface area contributed by atoms with Gasteiger partial charge in [-0.2, -0.15) is 0 Å². The fourth-order valence-electron chi connectivity index (χ4n) is 4.73. The number of hydrogen-bond acceptors (Lipinski definition) is 5. The SMILES string of the molecule is CCCC(Oc1c(-c2ccc3c(c2)CNC3=O)ccc(OC)c1OC)C1(C(=O)O)CCC1. The largest absolute Gasteiger partial charge is 0.493 e. The predicted molar refractivity (Wildman–Crippen MR) is 119 cm³/mol. The molecule has 1 unspecified atom stereocenters. The Kier molecular flexibility index (Phi) is 6.00. The molecule has 0 bridgehead atoms. The van der Waals surface area contributed by atoms with Gasteiger partial charge in [-0.3, -0.25) is 9.59 Å². The monoisotopic (exact) mass is 439 g/mol. The van der Waals surface area contributed by atoms with Crippen LogP contribution in [0.1, 0.15) is 54.9 Å². The summed E-state index contributed by atoms with van der Waals surface area (Å²) in [6, 6.07) is 9.35. The molecular weight excluding hydrogens is 410 g/mol. The number of amides is 1. The van der Waals surface area contributed by atoms with Crippen molar-refractivity contribution in [3.05, 3.63) is 41.5 Å². The van der Waals surface area contributed by atoms with Crippen molar-refractivity contribution in [3.63, 3.8) is 0 Å². The first kappa shape index (κ1) is 22.0. The zero-order valence-electron chi connectivity index (χ0n) is 18.7. The predicted octanol–water partition coefficient (Wildman–Crippen LogP) is 4.42. The van der Waals surface area contributed by atoms with Gasteiger partial charge in [-0.25, -0.2) is 0 Å². The van der Waals surface area contributed by atoms with Gasteiger partial charge in [0.2, 0.25) is 5.75 Å². The van der Waals surface area contributed by atoms with E-state index in [9.17, 15) is 14.7 Å². The van der Waals surface area contributed by atoms with E-state index in [2.05, 4.69) is 5.32 Å². The van der Waals surface area contributed by atoms with Crippen LogP contribution in [0, 0.1) is 5.41 Å². The van der Waals surface area contributed by atoms with E-state index in [1.165, 1.54) is 0 Å². The summed E-state index contributed by atoms with van der Waals surface area (Å²) in [6.45, 7) is 2.50. The van der Waals surface area contributed by atoms with Gasteiger partial charge in [0.25, 0.3) is 5.91 Å². The van der Waals surface area contributed by atoms with Crippen molar-refractivity contribution in [1.29, 1.82) is 0 Å². The standard InChI is InChI=1S/C25H29NO6/c1-4-6-20(25(24(28)29)11-5-12-25)32-21-17(9-10-19(30-2)22(21)31-3)15-7-8-18-16(13-15)14-26-23(18)27/h7-10,13,20H,4-6,11-12,14H2,1-3H3,(H,26,27)(H,28,29). The minimum atomic E-state index is -0.893. The van der Waals surface area contributed by atoms with Gasteiger partial charge in [0.1, 0.15) is 11.5 Å². The van der Waals surface area contributed by atoms with E-state index in [0.29, 0.717) is 48.6 Å². The first-order valence-corrected chi connectivity index (χ1v) is 11.0. The summed E-state index contributed by atoms with van der Waals surface area (Å²) in [7, 11) is 3.10. The normalized spacial score (nSPS) is 17.0. The quantitative estimate of drug-likeness (QED) is 0.601. The number of carboxylic acids is 1. The molecule has 170 valence electrons. The minimum absolute atomic E-state index is 0.0771. The first-order chi connectivity index (χ1) is 15.4. The molecule has 7 nitrogen and oxygen atoms in total. The molecule has 2 N–H and O–H groups in total. The number of rotatable bonds is 9. The van der Waals surface area contributed by atoms with Crippen LogP contribution in [0.5, 0.6) is 17.2 Å². The molecule has 0 saturated heterocycles. The van der Waals surface area contributed by atoms with Crippen molar-refractivity contribution in [2.24, 2.45) is 5.41 Å². The molecule has 2 aromatic rings. The third-order valence-corrected chi connectivity index (χ3v) is 6.70. The number of nitrogens with one attached hydrogen (secondary N) is 1. The van der Waals surface area contributed by atoms with Gasteiger partial charge >= 0.3 is 5.97 Å². The maximum absolute atomic E-state index is 12.2. The van der Waals surface area contributed by atoms with E-state index in [1.807, 2.05) is 37.3 Å². The lowest BCUT2D eigenvalue weighted by atomic mass is 9.64. The number of carbonyl (C=O) groups excluding carboxylic acids is 1. The lowest BCUT2D eigenvalue weighted by molar-refractivity contribution is -0.164. The Labute approximate surface area is 187 Å². The van der Waals surface area contributed by atoms with E-state index in [1.54, 1.807) is 14.2 Å². The number of benzene rings is 2. The molecule has 0 aromatic heterocycles. The van der Waals surface area contributed by atoms with Gasteiger partial charge in [0.05, 0.1) is 14.2 Å². The second-order valence-corrected chi connectivity index (χ2v) is 8.44. The van der Waals surface area contributed by atoms with E-state index in [4.69, 9.17) is 14.2 Å². The smallest absolute Gasteiger partial charge is 0.313 e. The van der Waals surface area contributed by atoms with Crippen LogP contribution in [0.15, 0.2) is 30.3 Å². The highest BCUT2D eigenvalue weighted by molar-refractivity contribution is 5.99. The Bertz CT molecular complexity index is 1040. The van der Waals surface area contributed by atoms with Crippen LogP contribution in [0.2, 0.25) is 0 Å². The van der Waals surface area contributed by atoms with Crippen molar-refractivity contribution < 1.29 is 28.9 Å². The number of hydrogen-bond donors (Lipinski definition) is 2. The van der Waals surface area contributed by atoms with Crippen LogP contribution in [0.3, 0.4) is 0 Å². The summed E-state index contributed by atoms with van der Waals surface area (Å²) in [4.78, 5) is 24.2. The lowest BCUT2D eigenvalue weighted by Crippen LogP contribution is -2.50. The zero-order chi connectivity index (χ0) is 22.9. The highest BCUT2D eigenvalue weighted by Crippen LogP contribution is 2.51. The number of aliphatic carboxylic acids is 1. The average Bonchev–Trinajstić information content (AvgIpc) is 3.12. The number of carboxylic acid groups (broad SMARTS) is 1. The van der Waals surface area contributed by atoms with E-state index >= 15 is 0 Å². The molecule has 1 heterocycles. The van der Waals surface area contributed by atoms with Crippen molar-refractivity contribution in [2.45, 2.75) is 51.7 Å². The number of methoxy groups -OCH3 is 2. The van der Waals surface area contributed by atoms with E-state index < -0.39 is 17.5 Å². The van der Waals surface area contributed by atoms with Crippen molar-refractivity contribution in [3.8, 4) is 28.4 Å². The molecule has 2 aromatic carbocycles. The molecule has 32 heavy (non-hydrogen) atoms. The molecule has 1 atom stereocenters. The third-order valence-electron chi connectivity index (χ3n) is 6.70. The maximum atomic E-state index is 12.2. The molecule has 4 rings (SSSR count). The van der Waals surface area contributed by atoms with Crippen LogP contribution in [0.4, 0.5) is 0 Å². The summed E-state index contributed by atoms with van der Waals surface area (Å²) < 4.78 is 17.7. The Balaban J connectivity index is 1.82. The van der Waals surface area contributed by atoms with Gasteiger partial charge in [0.15, 0.2) is 11.5 Å². The molecule has 7 heteroatoms. The second-order valence-electron chi connectivity index (χ2n) is 8.44. The highest BCUT2D eigenvalue weighted by atomic mass is 16.5. The van der Waals surface area contributed by atoms with Crippen molar-refractivity contribution >= 4 is 11.9 Å². The molecular formula is C25H29NO6. The summed E-state index contributed by atoms with van der Waals surface area (Å²) in [5.41, 5.74) is 2.32. The highest BCUT2D eigenvalue weighted by Gasteiger charge is 2.52. The van der Waals surface area contributed by atoms with Crippen molar-refractivity contribution in [1.82, 2.24) is 5.32 Å². The summed E-state index contributed by atoms with van der Waals surface area (Å²) in [5, 5.41) is 12.9. The average molecular weight is 440 g/mol. The van der Waals surface area contributed by atoms with Crippen LogP contribution in [0.25, 0.3) is 11.1 Å². The Morgan fingerprint density at radius 2 is 1.88 bits per heavy atom. The Morgan fingerprint density at radius 1 is 1.12 bits per heavy atom. The molecule has 1 saturated carbocycles. The van der Waals surface area contributed by atoms with Gasteiger partial charge < -0.3 is 24.6 Å². The second kappa shape index (κ2) is 8.73. The van der Waals surface area contributed by atoms with Gasteiger partial charge in [0, 0.05) is 17.7 Å². The number of carbonyl (C=O) groups is 2. The molecule has 1 aliphatic carbocycles. The molecule has 0 spiro atoms.